The largest absolute Gasteiger partial charge is 0.244 e. The molecule has 0 fully saturated rings. The molecular formula is C27H18N2. The Balaban J connectivity index is 1.88. The van der Waals surface area contributed by atoms with Gasteiger partial charge in [0.2, 0.25) is 0 Å². The van der Waals surface area contributed by atoms with Gasteiger partial charge in [-0.2, -0.15) is 0 Å². The zero-order chi connectivity index (χ0) is 19.3. The van der Waals surface area contributed by atoms with Gasteiger partial charge in [0.25, 0.3) is 0 Å². The van der Waals surface area contributed by atoms with E-state index in [0.717, 1.165) is 10.9 Å². The number of hydrogen-bond donors (Lipinski definition) is 0. The van der Waals surface area contributed by atoms with Crippen molar-refractivity contribution in [3.63, 3.8) is 0 Å². The summed E-state index contributed by atoms with van der Waals surface area (Å²) in [5.41, 5.74) is 8.18. The van der Waals surface area contributed by atoms with Gasteiger partial charge in [0.1, 0.15) is 6.33 Å². The molecule has 0 N–H and O–H groups in total. The van der Waals surface area contributed by atoms with Crippen molar-refractivity contribution in [1.82, 2.24) is 9.97 Å². The average Bonchev–Trinajstić information content (AvgIpc) is 3.12. The fraction of sp³-hybridized carbons (Fsp3) is 0.0370. The predicted octanol–water partition coefficient (Wildman–Crippen LogP) is 5.99. The molecule has 136 valence electrons. The van der Waals surface area contributed by atoms with Gasteiger partial charge in [-0.05, 0) is 27.8 Å². The maximum atomic E-state index is 4.77. The number of rotatable bonds is 2. The lowest BCUT2D eigenvalue weighted by molar-refractivity contribution is 0.773. The van der Waals surface area contributed by atoms with Gasteiger partial charge in [-0.25, -0.2) is 9.97 Å². The first-order chi connectivity index (χ1) is 14.4. The highest BCUT2D eigenvalue weighted by atomic mass is 14.8. The highest BCUT2D eigenvalue weighted by Gasteiger charge is 2.47. The van der Waals surface area contributed by atoms with Crippen LogP contribution in [0.2, 0.25) is 0 Å². The Kier molecular flexibility index (Phi) is 3.41. The van der Waals surface area contributed by atoms with Crippen molar-refractivity contribution >= 4 is 10.9 Å². The van der Waals surface area contributed by atoms with E-state index in [9.17, 15) is 0 Å². The highest BCUT2D eigenvalue weighted by Crippen LogP contribution is 2.57. The van der Waals surface area contributed by atoms with E-state index in [1.807, 2.05) is 6.20 Å². The number of nitrogens with zero attached hydrogens (tertiary/aromatic N) is 2. The topological polar surface area (TPSA) is 25.8 Å². The van der Waals surface area contributed by atoms with Crippen molar-refractivity contribution in [2.75, 3.05) is 0 Å². The second-order valence-corrected chi connectivity index (χ2v) is 7.48. The molecule has 5 aromatic rings. The Hall–Kier alpha value is -3.78. The van der Waals surface area contributed by atoms with Crippen LogP contribution in [-0.2, 0) is 5.41 Å². The lowest BCUT2D eigenvalue weighted by Gasteiger charge is -2.34. The summed E-state index contributed by atoms with van der Waals surface area (Å²) in [4.78, 5) is 9.04. The van der Waals surface area contributed by atoms with Gasteiger partial charge in [-0.3, -0.25) is 0 Å². The summed E-state index contributed by atoms with van der Waals surface area (Å²) in [6.45, 7) is 0. The van der Waals surface area contributed by atoms with Gasteiger partial charge in [0, 0.05) is 17.1 Å². The zero-order valence-electron chi connectivity index (χ0n) is 15.8. The summed E-state index contributed by atoms with van der Waals surface area (Å²) in [5, 5.41) is 1.07. The minimum absolute atomic E-state index is 0.414. The van der Waals surface area contributed by atoms with Crippen LogP contribution in [0.15, 0.2) is 110 Å². The van der Waals surface area contributed by atoms with Crippen LogP contribution in [0, 0.1) is 0 Å². The van der Waals surface area contributed by atoms with E-state index >= 15 is 0 Å². The first kappa shape index (κ1) is 16.2. The van der Waals surface area contributed by atoms with Gasteiger partial charge in [-0.1, -0.05) is 97.1 Å². The van der Waals surface area contributed by atoms with Crippen LogP contribution in [0.5, 0.6) is 0 Å². The van der Waals surface area contributed by atoms with E-state index in [1.54, 1.807) is 6.33 Å². The number of fused-ring (bicyclic) bond motifs is 5. The minimum Gasteiger partial charge on any atom is -0.244 e. The SMILES string of the molecule is c1ccc(C2(c3ccccc3)c3ccccc3-c3ccc4cncnc4c32)cc1. The Morgan fingerprint density at radius 1 is 0.586 bits per heavy atom. The molecule has 0 aliphatic heterocycles. The number of benzene rings is 4. The Morgan fingerprint density at radius 2 is 1.24 bits per heavy atom. The highest BCUT2D eigenvalue weighted by molar-refractivity contribution is 5.97. The lowest BCUT2D eigenvalue weighted by Crippen LogP contribution is -2.29. The van der Waals surface area contributed by atoms with Crippen LogP contribution in [-0.4, -0.2) is 9.97 Å². The molecule has 2 heteroatoms. The molecule has 1 heterocycles. The first-order valence-corrected chi connectivity index (χ1v) is 9.85. The van der Waals surface area contributed by atoms with Crippen LogP contribution >= 0.6 is 0 Å². The third-order valence-corrected chi connectivity index (χ3v) is 6.09. The smallest absolute Gasteiger partial charge is 0.116 e. The molecule has 6 rings (SSSR count). The van der Waals surface area contributed by atoms with Crippen LogP contribution in [0.3, 0.4) is 0 Å². The van der Waals surface area contributed by atoms with Gasteiger partial charge in [-0.15, -0.1) is 0 Å². The van der Waals surface area contributed by atoms with E-state index in [0.29, 0.717) is 0 Å². The van der Waals surface area contributed by atoms with Crippen molar-refractivity contribution in [1.29, 1.82) is 0 Å². The van der Waals surface area contributed by atoms with Crippen LogP contribution in [0.4, 0.5) is 0 Å². The van der Waals surface area contributed by atoms with Crippen molar-refractivity contribution < 1.29 is 0 Å². The summed E-state index contributed by atoms with van der Waals surface area (Å²) < 4.78 is 0. The molecule has 1 aliphatic carbocycles. The third-order valence-electron chi connectivity index (χ3n) is 6.09. The molecule has 2 nitrogen and oxygen atoms in total. The molecule has 0 saturated carbocycles. The second-order valence-electron chi connectivity index (χ2n) is 7.48. The van der Waals surface area contributed by atoms with E-state index < -0.39 is 5.41 Å². The molecule has 0 radical (unpaired) electrons. The molecule has 29 heavy (non-hydrogen) atoms. The quantitative estimate of drug-likeness (QED) is 0.374. The molecule has 4 aromatic carbocycles. The maximum Gasteiger partial charge on any atom is 0.116 e. The zero-order valence-corrected chi connectivity index (χ0v) is 15.8. The van der Waals surface area contributed by atoms with Crippen LogP contribution in [0.25, 0.3) is 22.0 Å². The Morgan fingerprint density at radius 3 is 1.97 bits per heavy atom. The van der Waals surface area contributed by atoms with Crippen molar-refractivity contribution in [2.45, 2.75) is 5.41 Å². The summed E-state index contributed by atoms with van der Waals surface area (Å²) in [6.07, 6.45) is 3.57. The average molecular weight is 370 g/mol. The van der Waals surface area contributed by atoms with Gasteiger partial charge < -0.3 is 0 Å². The van der Waals surface area contributed by atoms with Gasteiger partial charge in [0.15, 0.2) is 0 Å². The molecule has 0 bridgehead atoms. The van der Waals surface area contributed by atoms with E-state index in [-0.39, 0.29) is 0 Å². The molecule has 0 spiro atoms. The van der Waals surface area contributed by atoms with Crippen molar-refractivity contribution in [3.05, 3.63) is 132 Å². The molecule has 0 amide bonds. The van der Waals surface area contributed by atoms with Gasteiger partial charge in [0.05, 0.1) is 10.9 Å². The van der Waals surface area contributed by atoms with E-state index in [2.05, 4.69) is 102 Å². The molecule has 1 aliphatic rings. The first-order valence-electron chi connectivity index (χ1n) is 9.85. The molecule has 0 unspecified atom stereocenters. The normalized spacial score (nSPS) is 13.8. The second kappa shape index (κ2) is 6.11. The molecule has 0 atom stereocenters. The Labute approximate surface area is 169 Å². The van der Waals surface area contributed by atoms with Crippen LogP contribution < -0.4 is 0 Å². The summed E-state index contributed by atoms with van der Waals surface area (Å²) in [6, 6.07) is 34.7. The van der Waals surface area contributed by atoms with E-state index in [1.165, 1.54) is 33.4 Å². The number of aromatic nitrogens is 2. The minimum atomic E-state index is -0.414. The van der Waals surface area contributed by atoms with Crippen molar-refractivity contribution in [2.24, 2.45) is 0 Å². The summed E-state index contributed by atoms with van der Waals surface area (Å²) >= 11 is 0. The number of hydrogen-bond acceptors (Lipinski definition) is 2. The van der Waals surface area contributed by atoms with Crippen LogP contribution in [0.1, 0.15) is 22.3 Å². The van der Waals surface area contributed by atoms with Gasteiger partial charge >= 0.3 is 0 Å². The fourth-order valence-corrected chi connectivity index (χ4v) is 4.98. The predicted molar refractivity (Wildman–Crippen MR) is 117 cm³/mol. The molecule has 1 aromatic heterocycles. The van der Waals surface area contributed by atoms with Crippen molar-refractivity contribution in [3.8, 4) is 11.1 Å². The summed E-state index contributed by atoms with van der Waals surface area (Å²) in [5.74, 6) is 0. The molecular weight excluding hydrogens is 352 g/mol. The monoisotopic (exact) mass is 370 g/mol. The maximum absolute atomic E-state index is 4.77. The lowest BCUT2D eigenvalue weighted by atomic mass is 9.67. The van der Waals surface area contributed by atoms with E-state index in [4.69, 9.17) is 4.98 Å². The summed E-state index contributed by atoms with van der Waals surface area (Å²) in [7, 11) is 0. The standard InChI is InChI=1S/C27H18N2/c1-3-9-20(10-4-1)27(21-11-5-2-6-12-21)24-14-8-7-13-22(24)23-16-15-19-17-28-18-29-26(19)25(23)27/h1-18H. The fourth-order valence-electron chi connectivity index (χ4n) is 4.98. The molecule has 0 saturated heterocycles. The third kappa shape index (κ3) is 2.11. The Bertz CT molecular complexity index is 1300.